The maximum Gasteiger partial charge on any atom is 0.0526 e. The van der Waals surface area contributed by atoms with Crippen molar-refractivity contribution in [2.45, 2.75) is 38.5 Å². The fourth-order valence-corrected chi connectivity index (χ4v) is 5.54. The van der Waals surface area contributed by atoms with Crippen LogP contribution < -0.4 is 0 Å². The standard InChI is InChI=1S/C27H26/c1-19-9-7-11-21(17-19)27(22-12-8-10-20(2)18-22)25-15-5-3-13-23(25)24-14-4-6-16-26(24)27/h3-7,9,11,13-18,22H,8,10,12H2,1-2H3. The third-order valence-corrected chi connectivity index (χ3v) is 6.60. The van der Waals surface area contributed by atoms with Crippen LogP contribution >= 0.6 is 0 Å². The maximum atomic E-state index is 2.57. The lowest BCUT2D eigenvalue weighted by Crippen LogP contribution is -2.36. The SMILES string of the molecule is CC1=CC(C2(c3cccc(C)c3)c3ccccc3-c3ccccc32)CCC1. The lowest BCUT2D eigenvalue weighted by atomic mass is 9.61. The zero-order chi connectivity index (χ0) is 18.4. The smallest absolute Gasteiger partial charge is 0.0526 e. The largest absolute Gasteiger partial charge is 0.0809 e. The second-order valence-corrected chi connectivity index (χ2v) is 8.28. The molecule has 0 bridgehead atoms. The molecular weight excluding hydrogens is 324 g/mol. The Labute approximate surface area is 162 Å². The Balaban J connectivity index is 1.91. The van der Waals surface area contributed by atoms with E-state index in [-0.39, 0.29) is 5.41 Å². The van der Waals surface area contributed by atoms with E-state index in [1.54, 1.807) is 5.57 Å². The number of fused-ring (bicyclic) bond motifs is 3. The highest BCUT2D eigenvalue weighted by Crippen LogP contribution is 2.58. The van der Waals surface area contributed by atoms with Crippen molar-refractivity contribution in [1.82, 2.24) is 0 Å². The molecule has 1 atom stereocenters. The van der Waals surface area contributed by atoms with Crippen molar-refractivity contribution >= 4 is 0 Å². The molecule has 0 saturated heterocycles. The monoisotopic (exact) mass is 350 g/mol. The van der Waals surface area contributed by atoms with Gasteiger partial charge in [-0.25, -0.2) is 0 Å². The second kappa shape index (κ2) is 6.23. The quantitative estimate of drug-likeness (QED) is 0.434. The molecule has 3 aromatic rings. The maximum absolute atomic E-state index is 2.57. The molecule has 0 amide bonds. The highest BCUT2D eigenvalue weighted by atomic mass is 14.5. The fourth-order valence-electron chi connectivity index (χ4n) is 5.54. The molecule has 0 N–H and O–H groups in total. The first-order valence-corrected chi connectivity index (χ1v) is 10.1. The van der Waals surface area contributed by atoms with Gasteiger partial charge in [0.1, 0.15) is 0 Å². The van der Waals surface area contributed by atoms with Gasteiger partial charge in [-0.05, 0) is 66.8 Å². The minimum atomic E-state index is -0.0825. The minimum Gasteiger partial charge on any atom is -0.0809 e. The van der Waals surface area contributed by atoms with Gasteiger partial charge >= 0.3 is 0 Å². The van der Waals surface area contributed by atoms with Gasteiger partial charge in [-0.15, -0.1) is 0 Å². The first kappa shape index (κ1) is 16.6. The normalized spacial score (nSPS) is 19.9. The highest BCUT2D eigenvalue weighted by Gasteiger charge is 2.49. The summed E-state index contributed by atoms with van der Waals surface area (Å²) >= 11 is 0. The van der Waals surface area contributed by atoms with Crippen molar-refractivity contribution in [3.8, 4) is 11.1 Å². The summed E-state index contributed by atoms with van der Waals surface area (Å²) in [5.74, 6) is 0.498. The van der Waals surface area contributed by atoms with Gasteiger partial charge in [-0.1, -0.05) is 90.0 Å². The summed E-state index contributed by atoms with van der Waals surface area (Å²) in [4.78, 5) is 0. The zero-order valence-corrected chi connectivity index (χ0v) is 16.2. The molecule has 3 aromatic carbocycles. The van der Waals surface area contributed by atoms with Gasteiger partial charge in [0.15, 0.2) is 0 Å². The molecule has 0 aliphatic heterocycles. The number of aryl methyl sites for hydroxylation is 1. The van der Waals surface area contributed by atoms with Crippen molar-refractivity contribution in [3.05, 3.63) is 107 Å². The Kier molecular flexibility index (Phi) is 3.82. The fraction of sp³-hybridized carbons (Fsp3) is 0.259. The summed E-state index contributed by atoms with van der Waals surface area (Å²) in [7, 11) is 0. The molecule has 2 aliphatic rings. The summed E-state index contributed by atoms with van der Waals surface area (Å²) in [6.45, 7) is 4.52. The van der Waals surface area contributed by atoms with E-state index in [1.165, 1.54) is 52.6 Å². The van der Waals surface area contributed by atoms with Crippen LogP contribution in [0.2, 0.25) is 0 Å². The minimum absolute atomic E-state index is 0.0825. The van der Waals surface area contributed by atoms with Gasteiger partial charge in [0, 0.05) is 0 Å². The average Bonchev–Trinajstić information content (AvgIpc) is 3.00. The molecule has 1 unspecified atom stereocenters. The number of hydrogen-bond acceptors (Lipinski definition) is 0. The molecule has 2 aliphatic carbocycles. The van der Waals surface area contributed by atoms with E-state index in [4.69, 9.17) is 0 Å². The van der Waals surface area contributed by atoms with Gasteiger partial charge < -0.3 is 0 Å². The summed E-state index contributed by atoms with van der Waals surface area (Å²) in [6.07, 6.45) is 6.34. The molecule has 0 saturated carbocycles. The van der Waals surface area contributed by atoms with Crippen LogP contribution in [0.1, 0.15) is 48.4 Å². The van der Waals surface area contributed by atoms with Gasteiger partial charge in [0.05, 0.1) is 5.41 Å². The molecule has 0 fully saturated rings. The van der Waals surface area contributed by atoms with Crippen molar-refractivity contribution < 1.29 is 0 Å². The summed E-state index contributed by atoms with van der Waals surface area (Å²) in [5.41, 5.74) is 10.0. The predicted molar refractivity (Wildman–Crippen MR) is 114 cm³/mol. The molecule has 0 aromatic heterocycles. The topological polar surface area (TPSA) is 0 Å². The molecule has 0 radical (unpaired) electrons. The Bertz CT molecular complexity index is 992. The van der Waals surface area contributed by atoms with Gasteiger partial charge in [0.25, 0.3) is 0 Å². The Morgan fingerprint density at radius 3 is 2.07 bits per heavy atom. The lowest BCUT2D eigenvalue weighted by Gasteiger charge is -2.41. The Morgan fingerprint density at radius 1 is 0.778 bits per heavy atom. The number of rotatable bonds is 2. The first-order valence-electron chi connectivity index (χ1n) is 10.1. The molecule has 134 valence electrons. The van der Waals surface area contributed by atoms with E-state index < -0.39 is 0 Å². The average molecular weight is 351 g/mol. The van der Waals surface area contributed by atoms with Gasteiger partial charge in [-0.2, -0.15) is 0 Å². The Hall–Kier alpha value is -2.60. The molecular formula is C27H26. The van der Waals surface area contributed by atoms with Crippen molar-refractivity contribution in [2.24, 2.45) is 5.92 Å². The van der Waals surface area contributed by atoms with Crippen LogP contribution in [0, 0.1) is 12.8 Å². The van der Waals surface area contributed by atoms with E-state index in [0.29, 0.717) is 5.92 Å². The molecule has 0 heteroatoms. The molecule has 5 rings (SSSR count). The number of hydrogen-bond donors (Lipinski definition) is 0. The van der Waals surface area contributed by atoms with Gasteiger partial charge in [-0.3, -0.25) is 0 Å². The summed E-state index contributed by atoms with van der Waals surface area (Å²) in [5, 5.41) is 0. The van der Waals surface area contributed by atoms with Crippen LogP contribution in [0.3, 0.4) is 0 Å². The number of benzene rings is 3. The van der Waals surface area contributed by atoms with Crippen molar-refractivity contribution in [1.29, 1.82) is 0 Å². The third-order valence-electron chi connectivity index (χ3n) is 6.60. The van der Waals surface area contributed by atoms with Crippen molar-refractivity contribution in [2.75, 3.05) is 0 Å². The van der Waals surface area contributed by atoms with Crippen LogP contribution in [0.15, 0.2) is 84.4 Å². The van der Waals surface area contributed by atoms with Crippen LogP contribution in [0.5, 0.6) is 0 Å². The van der Waals surface area contributed by atoms with Crippen LogP contribution in [-0.4, -0.2) is 0 Å². The Morgan fingerprint density at radius 2 is 1.44 bits per heavy atom. The zero-order valence-electron chi connectivity index (χ0n) is 16.2. The second-order valence-electron chi connectivity index (χ2n) is 8.28. The van der Waals surface area contributed by atoms with Gasteiger partial charge in [0.2, 0.25) is 0 Å². The van der Waals surface area contributed by atoms with Crippen LogP contribution in [0.25, 0.3) is 11.1 Å². The molecule has 0 spiro atoms. The first-order chi connectivity index (χ1) is 13.2. The summed E-state index contributed by atoms with van der Waals surface area (Å²) in [6, 6.07) is 27.4. The van der Waals surface area contributed by atoms with Crippen molar-refractivity contribution in [3.63, 3.8) is 0 Å². The highest BCUT2D eigenvalue weighted by molar-refractivity contribution is 5.84. The van der Waals surface area contributed by atoms with Crippen LogP contribution in [0.4, 0.5) is 0 Å². The van der Waals surface area contributed by atoms with E-state index in [9.17, 15) is 0 Å². The van der Waals surface area contributed by atoms with Crippen LogP contribution in [-0.2, 0) is 5.41 Å². The van der Waals surface area contributed by atoms with E-state index in [2.05, 4.69) is 92.7 Å². The molecule has 0 heterocycles. The van der Waals surface area contributed by atoms with E-state index in [0.717, 1.165) is 0 Å². The predicted octanol–water partition coefficient (Wildman–Crippen LogP) is 7.06. The summed E-state index contributed by atoms with van der Waals surface area (Å²) < 4.78 is 0. The molecule has 27 heavy (non-hydrogen) atoms. The van der Waals surface area contributed by atoms with E-state index >= 15 is 0 Å². The van der Waals surface area contributed by atoms with E-state index in [1.807, 2.05) is 0 Å². The lowest BCUT2D eigenvalue weighted by molar-refractivity contribution is 0.399. The number of allylic oxidation sites excluding steroid dienone is 2. The molecule has 0 nitrogen and oxygen atoms in total. The third kappa shape index (κ3) is 2.36.